The van der Waals surface area contributed by atoms with Crippen LogP contribution in [0.15, 0.2) is 18.2 Å². The maximum Gasteiger partial charge on any atom is 0.130 e. The Morgan fingerprint density at radius 2 is 1.83 bits per heavy atom. The van der Waals surface area contributed by atoms with E-state index >= 15 is 0 Å². The number of benzene rings is 1. The second-order valence-corrected chi connectivity index (χ2v) is 5.55. The molecule has 0 aliphatic carbocycles. The van der Waals surface area contributed by atoms with Crippen LogP contribution in [0.25, 0.3) is 0 Å². The highest BCUT2D eigenvalue weighted by molar-refractivity contribution is 5.55. The van der Waals surface area contributed by atoms with E-state index in [9.17, 15) is 4.39 Å². The van der Waals surface area contributed by atoms with Gasteiger partial charge in [0.15, 0.2) is 0 Å². The zero-order chi connectivity index (χ0) is 13.9. The van der Waals surface area contributed by atoms with Gasteiger partial charge in [-0.05, 0) is 38.3 Å². The van der Waals surface area contributed by atoms with Crippen molar-refractivity contribution in [2.75, 3.05) is 11.9 Å². The first-order valence-corrected chi connectivity index (χ1v) is 6.61. The van der Waals surface area contributed by atoms with Gasteiger partial charge in [-0.25, -0.2) is 4.39 Å². The van der Waals surface area contributed by atoms with Crippen LogP contribution in [0.4, 0.5) is 10.1 Å². The van der Waals surface area contributed by atoms with Gasteiger partial charge in [0.25, 0.3) is 0 Å². The summed E-state index contributed by atoms with van der Waals surface area (Å²) in [5, 5.41) is 0. The van der Waals surface area contributed by atoms with Gasteiger partial charge in [0.1, 0.15) is 5.82 Å². The minimum absolute atomic E-state index is 0.217. The largest absolute Gasteiger partial charge is 0.372 e. The zero-order valence-electron chi connectivity index (χ0n) is 12.1. The number of nitrogens with two attached hydrogens (primary N) is 1. The molecule has 1 aromatic carbocycles. The standard InChI is InChI=1S/C15H25FN2/c1-10(2)9-11(3)18(5)14-8-6-7-13(16)15(14)12(4)17/h6-8,10-12H,9,17H2,1-5H3. The van der Waals surface area contributed by atoms with E-state index < -0.39 is 0 Å². The Morgan fingerprint density at radius 3 is 2.33 bits per heavy atom. The molecule has 3 heteroatoms. The summed E-state index contributed by atoms with van der Waals surface area (Å²) in [6.45, 7) is 8.38. The molecule has 0 bridgehead atoms. The Hall–Kier alpha value is -1.09. The quantitative estimate of drug-likeness (QED) is 0.865. The van der Waals surface area contributed by atoms with E-state index in [-0.39, 0.29) is 11.9 Å². The molecule has 0 aromatic heterocycles. The van der Waals surface area contributed by atoms with Gasteiger partial charge in [0.2, 0.25) is 0 Å². The highest BCUT2D eigenvalue weighted by Crippen LogP contribution is 2.29. The maximum absolute atomic E-state index is 13.9. The van der Waals surface area contributed by atoms with E-state index in [0.717, 1.165) is 12.1 Å². The van der Waals surface area contributed by atoms with Crippen molar-refractivity contribution < 1.29 is 4.39 Å². The van der Waals surface area contributed by atoms with Crippen molar-refractivity contribution in [3.05, 3.63) is 29.6 Å². The van der Waals surface area contributed by atoms with Crippen LogP contribution >= 0.6 is 0 Å². The molecule has 0 amide bonds. The van der Waals surface area contributed by atoms with Crippen molar-refractivity contribution in [1.29, 1.82) is 0 Å². The lowest BCUT2D eigenvalue weighted by Crippen LogP contribution is -2.31. The molecular weight excluding hydrogens is 227 g/mol. The third-order valence-corrected chi connectivity index (χ3v) is 3.34. The Morgan fingerprint density at radius 1 is 1.22 bits per heavy atom. The molecule has 18 heavy (non-hydrogen) atoms. The van der Waals surface area contributed by atoms with Crippen molar-refractivity contribution >= 4 is 5.69 Å². The zero-order valence-corrected chi connectivity index (χ0v) is 12.1. The van der Waals surface area contributed by atoms with Gasteiger partial charge in [-0.3, -0.25) is 0 Å². The van der Waals surface area contributed by atoms with Crippen molar-refractivity contribution in [2.24, 2.45) is 11.7 Å². The molecular formula is C15H25FN2. The molecule has 0 aliphatic rings. The summed E-state index contributed by atoms with van der Waals surface area (Å²) in [5.41, 5.74) is 7.40. The molecule has 2 N–H and O–H groups in total. The first-order valence-electron chi connectivity index (χ1n) is 6.61. The van der Waals surface area contributed by atoms with Gasteiger partial charge < -0.3 is 10.6 Å². The van der Waals surface area contributed by atoms with Crippen LogP contribution in [-0.4, -0.2) is 13.1 Å². The van der Waals surface area contributed by atoms with Crippen molar-refractivity contribution in [1.82, 2.24) is 0 Å². The van der Waals surface area contributed by atoms with Gasteiger partial charge in [-0.2, -0.15) is 0 Å². The summed E-state index contributed by atoms with van der Waals surface area (Å²) in [4.78, 5) is 2.13. The Bertz CT molecular complexity index is 388. The molecule has 2 atom stereocenters. The van der Waals surface area contributed by atoms with Crippen molar-refractivity contribution in [3.63, 3.8) is 0 Å². The molecule has 0 radical (unpaired) electrons. The van der Waals surface area contributed by atoms with E-state index in [1.165, 1.54) is 6.07 Å². The van der Waals surface area contributed by atoms with E-state index in [1.54, 1.807) is 6.07 Å². The minimum atomic E-state index is -0.296. The third-order valence-electron chi connectivity index (χ3n) is 3.34. The Balaban J connectivity index is 3.05. The first kappa shape index (κ1) is 15.0. The van der Waals surface area contributed by atoms with Crippen LogP contribution in [0.2, 0.25) is 0 Å². The van der Waals surface area contributed by atoms with Gasteiger partial charge in [-0.15, -0.1) is 0 Å². The summed E-state index contributed by atoms with van der Waals surface area (Å²) in [6.07, 6.45) is 1.07. The number of halogens is 1. The van der Waals surface area contributed by atoms with Crippen LogP contribution in [-0.2, 0) is 0 Å². The summed E-state index contributed by atoms with van der Waals surface area (Å²) >= 11 is 0. The molecule has 0 aliphatic heterocycles. The fraction of sp³-hybridized carbons (Fsp3) is 0.600. The summed E-state index contributed by atoms with van der Waals surface area (Å²) in [5.74, 6) is 0.404. The van der Waals surface area contributed by atoms with Crippen LogP contribution in [0.3, 0.4) is 0 Å². The second kappa shape index (κ2) is 6.19. The predicted octanol–water partition coefficient (Wildman–Crippen LogP) is 3.72. The van der Waals surface area contributed by atoms with Gasteiger partial charge >= 0.3 is 0 Å². The lowest BCUT2D eigenvalue weighted by molar-refractivity contribution is 0.501. The number of rotatable bonds is 5. The van der Waals surface area contributed by atoms with Crippen LogP contribution in [0, 0.1) is 11.7 Å². The molecule has 0 saturated carbocycles. The molecule has 0 spiro atoms. The average Bonchev–Trinajstić information content (AvgIpc) is 2.26. The fourth-order valence-corrected chi connectivity index (χ4v) is 2.36. The second-order valence-electron chi connectivity index (χ2n) is 5.55. The Labute approximate surface area is 110 Å². The lowest BCUT2D eigenvalue weighted by atomic mass is 10.0. The molecule has 0 fully saturated rings. The van der Waals surface area contributed by atoms with Crippen LogP contribution in [0.1, 0.15) is 45.7 Å². The van der Waals surface area contributed by atoms with Crippen LogP contribution < -0.4 is 10.6 Å². The number of nitrogens with zero attached hydrogens (tertiary/aromatic N) is 1. The fourth-order valence-electron chi connectivity index (χ4n) is 2.36. The van der Waals surface area contributed by atoms with Crippen molar-refractivity contribution in [3.8, 4) is 0 Å². The SMILES string of the molecule is CC(C)CC(C)N(C)c1cccc(F)c1C(C)N. The monoisotopic (exact) mass is 252 g/mol. The average molecular weight is 252 g/mol. The van der Waals surface area contributed by atoms with E-state index in [1.807, 2.05) is 20.0 Å². The normalized spacial score (nSPS) is 14.7. The molecule has 2 unspecified atom stereocenters. The highest BCUT2D eigenvalue weighted by Gasteiger charge is 2.19. The number of hydrogen-bond donors (Lipinski definition) is 1. The van der Waals surface area contributed by atoms with Gasteiger partial charge in [0, 0.05) is 30.4 Å². The Kier molecular flexibility index (Phi) is 5.15. The topological polar surface area (TPSA) is 29.3 Å². The van der Waals surface area contributed by atoms with Crippen molar-refractivity contribution in [2.45, 2.75) is 46.2 Å². The summed E-state index contributed by atoms with van der Waals surface area (Å²) in [6, 6.07) is 5.23. The van der Waals surface area contributed by atoms with Crippen LogP contribution in [0.5, 0.6) is 0 Å². The van der Waals surface area contributed by atoms with E-state index in [2.05, 4.69) is 25.7 Å². The van der Waals surface area contributed by atoms with E-state index in [0.29, 0.717) is 17.5 Å². The third kappa shape index (κ3) is 3.45. The lowest BCUT2D eigenvalue weighted by Gasteiger charge is -2.31. The highest BCUT2D eigenvalue weighted by atomic mass is 19.1. The molecule has 0 heterocycles. The minimum Gasteiger partial charge on any atom is -0.372 e. The predicted molar refractivity (Wildman–Crippen MR) is 76.3 cm³/mol. The van der Waals surface area contributed by atoms with E-state index in [4.69, 9.17) is 5.73 Å². The van der Waals surface area contributed by atoms with Gasteiger partial charge in [-0.1, -0.05) is 19.9 Å². The molecule has 2 nitrogen and oxygen atoms in total. The maximum atomic E-state index is 13.9. The smallest absolute Gasteiger partial charge is 0.130 e. The number of anilines is 1. The molecule has 1 rings (SSSR count). The molecule has 0 saturated heterocycles. The van der Waals surface area contributed by atoms with Gasteiger partial charge in [0.05, 0.1) is 0 Å². The summed E-state index contributed by atoms with van der Waals surface area (Å²) in [7, 11) is 2.01. The first-order chi connectivity index (χ1) is 8.34. The molecule has 102 valence electrons. The number of hydrogen-bond acceptors (Lipinski definition) is 2. The molecule has 1 aromatic rings. The summed E-state index contributed by atoms with van der Waals surface area (Å²) < 4.78 is 13.9.